The number of benzene rings is 1. The van der Waals surface area contributed by atoms with Crippen LogP contribution in [0.25, 0.3) is 0 Å². The fourth-order valence-electron chi connectivity index (χ4n) is 3.00. The van der Waals surface area contributed by atoms with Gasteiger partial charge in [-0.1, -0.05) is 42.1 Å². The SMILES string of the molecule is CN=C(NCCCSc1nccs1)N1CCC(c2ccccc2)C1.I. The second kappa shape index (κ2) is 11.0. The molecular formula is C18H25IN4S2. The quantitative estimate of drug-likeness (QED) is 0.216. The van der Waals surface area contributed by atoms with Gasteiger partial charge in [0.1, 0.15) is 4.34 Å². The predicted octanol–water partition coefficient (Wildman–Crippen LogP) is 4.31. The highest BCUT2D eigenvalue weighted by Gasteiger charge is 2.25. The molecule has 25 heavy (non-hydrogen) atoms. The first-order valence-corrected chi connectivity index (χ1v) is 10.3. The minimum Gasteiger partial charge on any atom is -0.356 e. The van der Waals surface area contributed by atoms with Gasteiger partial charge in [-0.25, -0.2) is 4.98 Å². The number of halogens is 1. The van der Waals surface area contributed by atoms with E-state index in [9.17, 15) is 0 Å². The van der Waals surface area contributed by atoms with Gasteiger partial charge in [-0.15, -0.1) is 35.3 Å². The summed E-state index contributed by atoms with van der Waals surface area (Å²) in [7, 11) is 1.88. The average Bonchev–Trinajstić information content (AvgIpc) is 3.31. The van der Waals surface area contributed by atoms with E-state index in [0.717, 1.165) is 42.1 Å². The first-order valence-electron chi connectivity index (χ1n) is 8.39. The molecule has 3 rings (SSSR count). The number of likely N-dealkylation sites (tertiary alicyclic amines) is 1. The summed E-state index contributed by atoms with van der Waals surface area (Å²) in [5.74, 6) is 2.74. The fourth-order valence-corrected chi connectivity index (χ4v) is 4.64. The Kier molecular flexibility index (Phi) is 9.05. The second-order valence-corrected chi connectivity index (χ2v) is 8.05. The summed E-state index contributed by atoms with van der Waals surface area (Å²) in [5.41, 5.74) is 1.44. The van der Waals surface area contributed by atoms with E-state index < -0.39 is 0 Å². The molecule has 0 radical (unpaired) electrons. The number of hydrogen-bond donors (Lipinski definition) is 1. The molecule has 1 fully saturated rings. The van der Waals surface area contributed by atoms with Gasteiger partial charge < -0.3 is 10.2 Å². The summed E-state index contributed by atoms with van der Waals surface area (Å²) < 4.78 is 1.16. The van der Waals surface area contributed by atoms with Gasteiger partial charge in [-0.3, -0.25) is 4.99 Å². The molecule has 2 aromatic rings. The molecule has 1 unspecified atom stereocenters. The number of hydrogen-bond acceptors (Lipinski definition) is 4. The Hall–Kier alpha value is -0.800. The van der Waals surface area contributed by atoms with E-state index in [2.05, 4.69) is 50.5 Å². The summed E-state index contributed by atoms with van der Waals surface area (Å²) in [6, 6.07) is 10.8. The molecule has 4 nitrogen and oxygen atoms in total. The number of rotatable bonds is 6. The van der Waals surface area contributed by atoms with Crippen LogP contribution in [-0.4, -0.2) is 48.3 Å². The Balaban J connectivity index is 0.00000225. The zero-order chi connectivity index (χ0) is 16.6. The molecule has 0 bridgehead atoms. The molecule has 7 heteroatoms. The van der Waals surface area contributed by atoms with Crippen LogP contribution >= 0.6 is 47.1 Å². The minimum absolute atomic E-state index is 0. The summed E-state index contributed by atoms with van der Waals surface area (Å²) >= 11 is 3.54. The van der Waals surface area contributed by atoms with Crippen LogP contribution in [-0.2, 0) is 0 Å². The summed E-state index contributed by atoms with van der Waals surface area (Å²) in [6.07, 6.45) is 4.17. The molecule has 1 saturated heterocycles. The number of guanidine groups is 1. The van der Waals surface area contributed by atoms with Crippen molar-refractivity contribution in [3.8, 4) is 0 Å². The van der Waals surface area contributed by atoms with Crippen LogP contribution in [0.2, 0.25) is 0 Å². The lowest BCUT2D eigenvalue weighted by atomic mass is 9.99. The Bertz CT molecular complexity index is 634. The fraction of sp³-hybridized carbons (Fsp3) is 0.444. The van der Waals surface area contributed by atoms with Crippen molar-refractivity contribution >= 4 is 53.0 Å². The smallest absolute Gasteiger partial charge is 0.193 e. The Morgan fingerprint density at radius 2 is 2.24 bits per heavy atom. The van der Waals surface area contributed by atoms with Crippen LogP contribution in [0.5, 0.6) is 0 Å². The van der Waals surface area contributed by atoms with Crippen LogP contribution < -0.4 is 5.32 Å². The molecule has 0 spiro atoms. The first-order chi connectivity index (χ1) is 11.9. The third-order valence-electron chi connectivity index (χ3n) is 4.21. The summed E-state index contributed by atoms with van der Waals surface area (Å²) in [6.45, 7) is 3.09. The van der Waals surface area contributed by atoms with E-state index in [4.69, 9.17) is 0 Å². The van der Waals surface area contributed by atoms with E-state index in [1.165, 1.54) is 12.0 Å². The normalized spacial score (nSPS) is 17.4. The number of nitrogens with zero attached hydrogens (tertiary/aromatic N) is 3. The van der Waals surface area contributed by atoms with Crippen LogP contribution in [0.4, 0.5) is 0 Å². The monoisotopic (exact) mass is 488 g/mol. The first kappa shape index (κ1) is 20.5. The number of aromatic nitrogens is 1. The van der Waals surface area contributed by atoms with Crippen LogP contribution in [0.15, 0.2) is 51.2 Å². The van der Waals surface area contributed by atoms with E-state index in [1.807, 2.05) is 30.4 Å². The molecule has 1 aliphatic rings. The molecule has 1 aromatic carbocycles. The van der Waals surface area contributed by atoms with Crippen molar-refractivity contribution in [1.82, 2.24) is 15.2 Å². The zero-order valence-electron chi connectivity index (χ0n) is 14.4. The molecule has 1 atom stereocenters. The Morgan fingerprint density at radius 1 is 1.40 bits per heavy atom. The standard InChI is InChI=1S/C18H24N4S2.HI/c1-19-17(20-9-5-12-23-18-21-10-13-24-18)22-11-8-16(14-22)15-6-3-2-4-7-15;/h2-4,6-7,10,13,16H,5,8-9,11-12,14H2,1H3,(H,19,20);1H. The van der Waals surface area contributed by atoms with Gasteiger partial charge in [0.05, 0.1) is 0 Å². The average molecular weight is 488 g/mol. The van der Waals surface area contributed by atoms with E-state index in [0.29, 0.717) is 5.92 Å². The van der Waals surface area contributed by atoms with Gasteiger partial charge >= 0.3 is 0 Å². The Morgan fingerprint density at radius 3 is 2.96 bits per heavy atom. The highest BCUT2D eigenvalue weighted by Crippen LogP contribution is 2.26. The highest BCUT2D eigenvalue weighted by atomic mass is 127. The van der Waals surface area contributed by atoms with Gasteiger partial charge in [0.25, 0.3) is 0 Å². The maximum absolute atomic E-state index is 4.46. The minimum atomic E-state index is 0. The molecular weight excluding hydrogens is 463 g/mol. The van der Waals surface area contributed by atoms with Crippen molar-refractivity contribution in [2.75, 3.05) is 32.4 Å². The third kappa shape index (κ3) is 6.14. The molecule has 1 aliphatic heterocycles. The molecule has 1 aromatic heterocycles. The van der Waals surface area contributed by atoms with Gasteiger partial charge in [0, 0.05) is 49.9 Å². The van der Waals surface area contributed by atoms with Crippen molar-refractivity contribution < 1.29 is 0 Å². The van der Waals surface area contributed by atoms with E-state index >= 15 is 0 Å². The van der Waals surface area contributed by atoms with Crippen LogP contribution in [0, 0.1) is 0 Å². The number of aliphatic imine (C=N–C) groups is 1. The van der Waals surface area contributed by atoms with Crippen molar-refractivity contribution in [2.45, 2.75) is 23.1 Å². The van der Waals surface area contributed by atoms with Gasteiger partial charge in [0.2, 0.25) is 0 Å². The molecule has 0 saturated carbocycles. The molecule has 0 amide bonds. The lowest BCUT2D eigenvalue weighted by molar-refractivity contribution is 0.486. The number of nitrogens with one attached hydrogen (secondary N) is 1. The molecule has 136 valence electrons. The lowest BCUT2D eigenvalue weighted by Crippen LogP contribution is -2.40. The van der Waals surface area contributed by atoms with Crippen molar-refractivity contribution in [1.29, 1.82) is 0 Å². The highest BCUT2D eigenvalue weighted by molar-refractivity contribution is 14.0. The van der Waals surface area contributed by atoms with Crippen molar-refractivity contribution in [2.24, 2.45) is 4.99 Å². The van der Waals surface area contributed by atoms with Crippen molar-refractivity contribution in [3.05, 3.63) is 47.5 Å². The zero-order valence-corrected chi connectivity index (χ0v) is 18.4. The van der Waals surface area contributed by atoms with Crippen LogP contribution in [0.1, 0.15) is 24.3 Å². The van der Waals surface area contributed by atoms with Gasteiger partial charge in [-0.2, -0.15) is 0 Å². The van der Waals surface area contributed by atoms with Gasteiger partial charge in [-0.05, 0) is 18.4 Å². The lowest BCUT2D eigenvalue weighted by Gasteiger charge is -2.21. The molecule has 0 aliphatic carbocycles. The predicted molar refractivity (Wildman–Crippen MR) is 120 cm³/mol. The maximum Gasteiger partial charge on any atom is 0.193 e. The largest absolute Gasteiger partial charge is 0.356 e. The van der Waals surface area contributed by atoms with Crippen molar-refractivity contribution in [3.63, 3.8) is 0 Å². The van der Waals surface area contributed by atoms with Gasteiger partial charge in [0.15, 0.2) is 5.96 Å². The number of thioether (sulfide) groups is 1. The van der Waals surface area contributed by atoms with E-state index in [-0.39, 0.29) is 24.0 Å². The Labute approximate surface area is 175 Å². The number of thiazole rings is 1. The summed E-state index contributed by atoms with van der Waals surface area (Å²) in [5, 5.41) is 5.54. The topological polar surface area (TPSA) is 40.5 Å². The second-order valence-electron chi connectivity index (χ2n) is 5.82. The molecule has 2 heterocycles. The van der Waals surface area contributed by atoms with E-state index in [1.54, 1.807) is 11.3 Å². The third-order valence-corrected chi connectivity index (χ3v) is 6.26. The molecule has 1 N–H and O–H groups in total. The summed E-state index contributed by atoms with van der Waals surface area (Å²) in [4.78, 5) is 11.1. The maximum atomic E-state index is 4.46. The van der Waals surface area contributed by atoms with Crippen LogP contribution in [0.3, 0.4) is 0 Å².